The van der Waals surface area contributed by atoms with Crippen LogP contribution in [0.4, 0.5) is 5.69 Å². The summed E-state index contributed by atoms with van der Waals surface area (Å²) in [4.78, 5) is 1.31. The second-order valence-corrected chi connectivity index (χ2v) is 6.11. The van der Waals surface area contributed by atoms with Crippen LogP contribution < -0.4 is 5.32 Å². The van der Waals surface area contributed by atoms with Crippen LogP contribution >= 0.6 is 23.4 Å². The summed E-state index contributed by atoms with van der Waals surface area (Å²) < 4.78 is 0. The van der Waals surface area contributed by atoms with Crippen molar-refractivity contribution in [3.63, 3.8) is 0 Å². The van der Waals surface area contributed by atoms with Gasteiger partial charge in [-0.3, -0.25) is 0 Å². The molecule has 0 aliphatic carbocycles. The summed E-state index contributed by atoms with van der Waals surface area (Å²) in [6, 6.07) is 18.7. The molecule has 1 atom stereocenters. The minimum absolute atomic E-state index is 0.0328. The van der Waals surface area contributed by atoms with Crippen LogP contribution in [-0.2, 0) is 0 Å². The molecule has 1 nitrogen and oxygen atoms in total. The molecule has 0 fully saturated rings. The molecule has 0 amide bonds. The first-order valence-electron chi connectivity index (χ1n) is 6.42. The number of hydrogen-bond acceptors (Lipinski definition) is 2. The number of rotatable bonds is 6. The van der Waals surface area contributed by atoms with Gasteiger partial charge in [-0.25, -0.2) is 0 Å². The van der Waals surface area contributed by atoms with Gasteiger partial charge in [-0.2, -0.15) is 0 Å². The lowest BCUT2D eigenvalue weighted by Crippen LogP contribution is -2.06. The SMILES string of the molecule is CC(Cl)c1ccccc1NCCSc1ccccc1. The van der Waals surface area contributed by atoms with E-state index in [4.69, 9.17) is 11.6 Å². The first-order chi connectivity index (χ1) is 9.27. The summed E-state index contributed by atoms with van der Waals surface area (Å²) in [6.07, 6.45) is 0. The molecule has 0 aromatic heterocycles. The summed E-state index contributed by atoms with van der Waals surface area (Å²) in [6.45, 7) is 2.93. The predicted octanol–water partition coefficient (Wildman–Crippen LogP) is 5.19. The van der Waals surface area contributed by atoms with Crippen LogP contribution in [-0.4, -0.2) is 12.3 Å². The number of anilines is 1. The van der Waals surface area contributed by atoms with Crippen LogP contribution in [0.25, 0.3) is 0 Å². The molecule has 2 aromatic rings. The van der Waals surface area contributed by atoms with E-state index in [1.165, 1.54) is 4.90 Å². The normalized spacial score (nSPS) is 12.1. The van der Waals surface area contributed by atoms with E-state index in [-0.39, 0.29) is 5.38 Å². The molecular weight excluding hydrogens is 274 g/mol. The number of alkyl halides is 1. The maximum absolute atomic E-state index is 6.17. The van der Waals surface area contributed by atoms with Crippen molar-refractivity contribution in [2.75, 3.05) is 17.6 Å². The lowest BCUT2D eigenvalue weighted by atomic mass is 10.1. The monoisotopic (exact) mass is 291 g/mol. The molecule has 0 heterocycles. The van der Waals surface area contributed by atoms with Gasteiger partial charge in [-0.15, -0.1) is 23.4 Å². The maximum Gasteiger partial charge on any atom is 0.0577 e. The molecule has 2 aromatic carbocycles. The number of benzene rings is 2. The molecule has 19 heavy (non-hydrogen) atoms. The highest BCUT2D eigenvalue weighted by molar-refractivity contribution is 7.99. The van der Waals surface area contributed by atoms with Crippen molar-refractivity contribution in [2.45, 2.75) is 17.2 Å². The fourth-order valence-electron chi connectivity index (χ4n) is 1.88. The summed E-state index contributed by atoms with van der Waals surface area (Å²) in [5, 5.41) is 3.49. The molecule has 2 rings (SSSR count). The number of thioether (sulfide) groups is 1. The van der Waals surface area contributed by atoms with Gasteiger partial charge in [0.05, 0.1) is 5.38 Å². The van der Waals surface area contributed by atoms with E-state index in [1.54, 1.807) is 0 Å². The molecule has 100 valence electrons. The van der Waals surface area contributed by atoms with Gasteiger partial charge in [-0.05, 0) is 30.7 Å². The fraction of sp³-hybridized carbons (Fsp3) is 0.250. The molecule has 0 saturated heterocycles. The van der Waals surface area contributed by atoms with E-state index in [0.717, 1.165) is 23.5 Å². The lowest BCUT2D eigenvalue weighted by molar-refractivity contribution is 1.07. The molecule has 1 unspecified atom stereocenters. The Bertz CT molecular complexity index is 499. The highest BCUT2D eigenvalue weighted by Gasteiger charge is 2.06. The van der Waals surface area contributed by atoms with E-state index in [2.05, 4.69) is 41.7 Å². The van der Waals surface area contributed by atoms with Gasteiger partial charge in [0.25, 0.3) is 0 Å². The van der Waals surface area contributed by atoms with Gasteiger partial charge in [0, 0.05) is 22.9 Å². The molecule has 0 aliphatic heterocycles. The summed E-state index contributed by atoms with van der Waals surface area (Å²) in [7, 11) is 0. The Balaban J connectivity index is 1.83. The predicted molar refractivity (Wildman–Crippen MR) is 86.4 cm³/mol. The van der Waals surface area contributed by atoms with E-state index < -0.39 is 0 Å². The average molecular weight is 292 g/mol. The molecule has 0 saturated carbocycles. The van der Waals surface area contributed by atoms with E-state index >= 15 is 0 Å². The first kappa shape index (κ1) is 14.3. The van der Waals surface area contributed by atoms with Crippen LogP contribution in [0.15, 0.2) is 59.5 Å². The zero-order valence-corrected chi connectivity index (χ0v) is 12.5. The van der Waals surface area contributed by atoms with Crippen molar-refractivity contribution >= 4 is 29.1 Å². The largest absolute Gasteiger partial charge is 0.384 e. The fourth-order valence-corrected chi connectivity index (χ4v) is 2.86. The summed E-state index contributed by atoms with van der Waals surface area (Å²) in [5.41, 5.74) is 2.30. The maximum atomic E-state index is 6.17. The van der Waals surface area contributed by atoms with Crippen molar-refractivity contribution in [3.8, 4) is 0 Å². The van der Waals surface area contributed by atoms with E-state index in [0.29, 0.717) is 0 Å². The molecule has 0 spiro atoms. The van der Waals surface area contributed by atoms with Gasteiger partial charge in [0.15, 0.2) is 0 Å². The number of halogens is 1. The lowest BCUT2D eigenvalue weighted by Gasteiger charge is -2.13. The zero-order valence-electron chi connectivity index (χ0n) is 11.0. The Morgan fingerprint density at radius 3 is 2.47 bits per heavy atom. The van der Waals surface area contributed by atoms with Crippen molar-refractivity contribution in [2.24, 2.45) is 0 Å². The average Bonchev–Trinajstić information content (AvgIpc) is 2.45. The third-order valence-electron chi connectivity index (χ3n) is 2.82. The van der Waals surface area contributed by atoms with Crippen LogP contribution in [0.1, 0.15) is 17.9 Å². The molecule has 3 heteroatoms. The van der Waals surface area contributed by atoms with Crippen molar-refractivity contribution < 1.29 is 0 Å². The Hall–Kier alpha value is -1.12. The molecule has 1 N–H and O–H groups in total. The Labute approximate surface area is 124 Å². The van der Waals surface area contributed by atoms with Crippen LogP contribution in [0.3, 0.4) is 0 Å². The number of para-hydroxylation sites is 1. The van der Waals surface area contributed by atoms with Gasteiger partial charge in [-0.1, -0.05) is 36.4 Å². The molecule has 0 bridgehead atoms. The third-order valence-corrected chi connectivity index (χ3v) is 4.07. The minimum Gasteiger partial charge on any atom is -0.384 e. The minimum atomic E-state index is 0.0328. The highest BCUT2D eigenvalue weighted by atomic mass is 35.5. The molecular formula is C16H18ClNS. The third kappa shape index (κ3) is 4.48. The topological polar surface area (TPSA) is 12.0 Å². The van der Waals surface area contributed by atoms with Gasteiger partial charge >= 0.3 is 0 Å². The van der Waals surface area contributed by atoms with Crippen molar-refractivity contribution in [1.82, 2.24) is 0 Å². The standard InChI is InChI=1S/C16H18ClNS/c1-13(17)15-9-5-6-10-16(15)18-11-12-19-14-7-3-2-4-8-14/h2-10,13,18H,11-12H2,1H3. The Morgan fingerprint density at radius 2 is 1.74 bits per heavy atom. The summed E-state index contributed by atoms with van der Waals surface area (Å²) >= 11 is 8.03. The van der Waals surface area contributed by atoms with Crippen molar-refractivity contribution in [3.05, 3.63) is 60.2 Å². The van der Waals surface area contributed by atoms with E-state index in [9.17, 15) is 0 Å². The van der Waals surface area contributed by atoms with Crippen LogP contribution in [0.2, 0.25) is 0 Å². The van der Waals surface area contributed by atoms with Gasteiger partial charge in [0.2, 0.25) is 0 Å². The van der Waals surface area contributed by atoms with Crippen molar-refractivity contribution in [1.29, 1.82) is 0 Å². The highest BCUT2D eigenvalue weighted by Crippen LogP contribution is 2.27. The number of hydrogen-bond donors (Lipinski definition) is 1. The van der Waals surface area contributed by atoms with Crippen LogP contribution in [0.5, 0.6) is 0 Å². The second kappa shape index (κ2) is 7.46. The van der Waals surface area contributed by atoms with Crippen LogP contribution in [0, 0.1) is 0 Å². The smallest absolute Gasteiger partial charge is 0.0577 e. The van der Waals surface area contributed by atoms with Gasteiger partial charge < -0.3 is 5.32 Å². The first-order valence-corrected chi connectivity index (χ1v) is 7.84. The zero-order chi connectivity index (χ0) is 13.5. The molecule has 0 aliphatic rings. The molecule has 0 radical (unpaired) electrons. The van der Waals surface area contributed by atoms with Gasteiger partial charge in [0.1, 0.15) is 0 Å². The number of nitrogens with one attached hydrogen (secondary N) is 1. The second-order valence-electron chi connectivity index (χ2n) is 4.29. The van der Waals surface area contributed by atoms with E-state index in [1.807, 2.05) is 36.9 Å². The summed E-state index contributed by atoms with van der Waals surface area (Å²) in [5.74, 6) is 1.04. The Morgan fingerprint density at radius 1 is 1.05 bits per heavy atom. The Kier molecular flexibility index (Phi) is 5.62. The quantitative estimate of drug-likeness (QED) is 0.446.